The van der Waals surface area contributed by atoms with Crippen molar-refractivity contribution in [3.63, 3.8) is 0 Å². The molecule has 1 aromatic rings. The van der Waals surface area contributed by atoms with Gasteiger partial charge in [0.15, 0.2) is 0 Å². The van der Waals surface area contributed by atoms with Crippen LogP contribution < -0.4 is 10.6 Å². The average Bonchev–Trinajstić information content (AvgIpc) is 3.18. The lowest BCUT2D eigenvalue weighted by Gasteiger charge is -2.07. The first-order valence-corrected chi connectivity index (χ1v) is 7.38. The Bertz CT molecular complexity index is 518. The predicted molar refractivity (Wildman–Crippen MR) is 76.8 cm³/mol. The molecule has 20 heavy (non-hydrogen) atoms. The quantitative estimate of drug-likeness (QED) is 0.780. The van der Waals surface area contributed by atoms with Crippen LogP contribution in [-0.4, -0.2) is 24.4 Å². The molecule has 4 nitrogen and oxygen atoms in total. The number of amides is 2. The predicted octanol–water partition coefficient (Wildman–Crippen LogP) is 2.38. The van der Waals surface area contributed by atoms with Crippen molar-refractivity contribution in [3.8, 4) is 0 Å². The molecule has 0 radical (unpaired) electrons. The second-order valence-electron chi connectivity index (χ2n) is 4.83. The van der Waals surface area contributed by atoms with Crippen molar-refractivity contribution in [2.24, 2.45) is 0 Å². The summed E-state index contributed by atoms with van der Waals surface area (Å²) in [4.78, 5) is 23.3. The summed E-state index contributed by atoms with van der Waals surface area (Å²) >= 11 is 3.15. The standard InChI is InChI=1S/C14H16BrFN2O2/c15-12-8-9(16)3-6-11(12)14(20)17-7-1-2-13(19)18-10-4-5-10/h3,6,8,10H,1-2,4-5,7H2,(H,17,20)(H,18,19). The molecule has 2 rings (SSSR count). The molecule has 0 saturated heterocycles. The van der Waals surface area contributed by atoms with Crippen molar-refractivity contribution in [3.05, 3.63) is 34.1 Å². The fourth-order valence-electron chi connectivity index (χ4n) is 1.75. The Morgan fingerprint density at radius 1 is 1.35 bits per heavy atom. The molecule has 2 amide bonds. The zero-order valence-corrected chi connectivity index (χ0v) is 12.5. The molecule has 1 aliphatic carbocycles. The zero-order valence-electron chi connectivity index (χ0n) is 10.9. The summed E-state index contributed by atoms with van der Waals surface area (Å²) in [5.74, 6) is -0.644. The number of rotatable bonds is 6. The largest absolute Gasteiger partial charge is 0.353 e. The Hall–Kier alpha value is -1.43. The SMILES string of the molecule is O=C(CCCNC(=O)c1ccc(F)cc1Br)NC1CC1. The number of nitrogens with one attached hydrogen (secondary N) is 2. The molecular weight excluding hydrogens is 327 g/mol. The Kier molecular flexibility index (Phi) is 5.11. The van der Waals surface area contributed by atoms with Crippen molar-refractivity contribution < 1.29 is 14.0 Å². The Labute approximate surface area is 125 Å². The summed E-state index contributed by atoms with van der Waals surface area (Å²) in [6, 6.07) is 4.28. The van der Waals surface area contributed by atoms with E-state index in [-0.39, 0.29) is 11.8 Å². The molecule has 108 valence electrons. The van der Waals surface area contributed by atoms with E-state index in [1.807, 2.05) is 0 Å². The monoisotopic (exact) mass is 342 g/mol. The molecule has 0 spiro atoms. The lowest BCUT2D eigenvalue weighted by molar-refractivity contribution is -0.121. The highest BCUT2D eigenvalue weighted by atomic mass is 79.9. The van der Waals surface area contributed by atoms with Gasteiger partial charge in [-0.05, 0) is 53.4 Å². The summed E-state index contributed by atoms with van der Waals surface area (Å²) in [5.41, 5.74) is 0.383. The van der Waals surface area contributed by atoms with Crippen LogP contribution in [0.25, 0.3) is 0 Å². The number of benzene rings is 1. The van der Waals surface area contributed by atoms with E-state index in [4.69, 9.17) is 0 Å². The Morgan fingerprint density at radius 3 is 2.75 bits per heavy atom. The summed E-state index contributed by atoms with van der Waals surface area (Å²) in [6.45, 7) is 0.417. The molecule has 1 saturated carbocycles. The van der Waals surface area contributed by atoms with Crippen molar-refractivity contribution in [1.29, 1.82) is 0 Å². The van der Waals surface area contributed by atoms with Gasteiger partial charge in [0.2, 0.25) is 5.91 Å². The van der Waals surface area contributed by atoms with Gasteiger partial charge in [-0.15, -0.1) is 0 Å². The topological polar surface area (TPSA) is 58.2 Å². The Balaban J connectivity index is 1.70. The summed E-state index contributed by atoms with van der Waals surface area (Å²) in [5, 5.41) is 5.60. The number of halogens is 2. The highest BCUT2D eigenvalue weighted by Gasteiger charge is 2.22. The van der Waals surface area contributed by atoms with Crippen LogP contribution in [0.5, 0.6) is 0 Å². The van der Waals surface area contributed by atoms with Gasteiger partial charge >= 0.3 is 0 Å². The second-order valence-corrected chi connectivity index (χ2v) is 5.68. The van der Waals surface area contributed by atoms with Crippen LogP contribution in [0.1, 0.15) is 36.0 Å². The highest BCUT2D eigenvalue weighted by molar-refractivity contribution is 9.10. The summed E-state index contributed by atoms with van der Waals surface area (Å²) < 4.78 is 13.3. The maximum atomic E-state index is 12.9. The van der Waals surface area contributed by atoms with Gasteiger partial charge < -0.3 is 10.6 Å². The van der Waals surface area contributed by atoms with Gasteiger partial charge in [-0.3, -0.25) is 9.59 Å². The van der Waals surface area contributed by atoms with Crippen molar-refractivity contribution >= 4 is 27.7 Å². The van der Waals surface area contributed by atoms with Gasteiger partial charge in [0.25, 0.3) is 5.91 Å². The van der Waals surface area contributed by atoms with Gasteiger partial charge in [0.1, 0.15) is 5.82 Å². The minimum atomic E-state index is -0.398. The third-order valence-electron chi connectivity index (χ3n) is 2.98. The van der Waals surface area contributed by atoms with E-state index >= 15 is 0 Å². The van der Waals surface area contributed by atoms with Crippen LogP contribution in [0.4, 0.5) is 4.39 Å². The number of hydrogen-bond acceptors (Lipinski definition) is 2. The van der Waals surface area contributed by atoms with Crippen molar-refractivity contribution in [1.82, 2.24) is 10.6 Å². The molecule has 0 aliphatic heterocycles. The highest BCUT2D eigenvalue weighted by Crippen LogP contribution is 2.19. The van der Waals surface area contributed by atoms with E-state index in [1.165, 1.54) is 18.2 Å². The maximum absolute atomic E-state index is 12.9. The Morgan fingerprint density at radius 2 is 2.10 bits per heavy atom. The first-order chi connectivity index (χ1) is 9.56. The van der Waals surface area contributed by atoms with E-state index in [0.717, 1.165) is 12.8 Å². The van der Waals surface area contributed by atoms with Gasteiger partial charge in [-0.1, -0.05) is 0 Å². The van der Waals surface area contributed by atoms with E-state index in [1.54, 1.807) is 0 Å². The molecule has 0 atom stereocenters. The summed E-state index contributed by atoms with van der Waals surface area (Å²) in [6.07, 6.45) is 3.13. The van der Waals surface area contributed by atoms with Crippen LogP contribution in [0, 0.1) is 5.82 Å². The third-order valence-corrected chi connectivity index (χ3v) is 3.64. The van der Waals surface area contributed by atoms with Crippen LogP contribution in [-0.2, 0) is 4.79 Å². The molecule has 1 aromatic carbocycles. The number of carbonyl (C=O) groups excluding carboxylic acids is 2. The molecule has 0 heterocycles. The first-order valence-electron chi connectivity index (χ1n) is 6.59. The fraction of sp³-hybridized carbons (Fsp3) is 0.429. The molecule has 0 aromatic heterocycles. The average molecular weight is 343 g/mol. The third kappa shape index (κ3) is 4.59. The molecule has 0 bridgehead atoms. The zero-order chi connectivity index (χ0) is 14.5. The van der Waals surface area contributed by atoms with Crippen LogP contribution in [0.2, 0.25) is 0 Å². The first kappa shape index (κ1) is 15.0. The molecule has 1 aliphatic rings. The second kappa shape index (κ2) is 6.83. The number of hydrogen-bond donors (Lipinski definition) is 2. The van der Waals surface area contributed by atoms with Crippen LogP contribution in [0.15, 0.2) is 22.7 Å². The minimum Gasteiger partial charge on any atom is -0.353 e. The van der Waals surface area contributed by atoms with Gasteiger partial charge in [0.05, 0.1) is 5.56 Å². The van der Waals surface area contributed by atoms with Gasteiger partial charge in [0, 0.05) is 23.5 Å². The van der Waals surface area contributed by atoms with Gasteiger partial charge in [-0.2, -0.15) is 0 Å². The van der Waals surface area contributed by atoms with Crippen molar-refractivity contribution in [2.75, 3.05) is 6.54 Å². The van der Waals surface area contributed by atoms with Gasteiger partial charge in [-0.25, -0.2) is 4.39 Å². The van der Waals surface area contributed by atoms with E-state index in [0.29, 0.717) is 35.5 Å². The van der Waals surface area contributed by atoms with Crippen LogP contribution in [0.3, 0.4) is 0 Å². The normalized spacial score (nSPS) is 13.9. The fourth-order valence-corrected chi connectivity index (χ4v) is 2.28. The van der Waals surface area contributed by atoms with Crippen LogP contribution >= 0.6 is 15.9 Å². The summed E-state index contributed by atoms with van der Waals surface area (Å²) in [7, 11) is 0. The molecule has 1 fully saturated rings. The smallest absolute Gasteiger partial charge is 0.252 e. The number of carbonyl (C=O) groups is 2. The van der Waals surface area contributed by atoms with E-state index < -0.39 is 5.82 Å². The molecular formula is C14H16BrFN2O2. The van der Waals surface area contributed by atoms with Crippen molar-refractivity contribution in [2.45, 2.75) is 31.7 Å². The lowest BCUT2D eigenvalue weighted by atomic mass is 10.2. The minimum absolute atomic E-state index is 0.0321. The lowest BCUT2D eigenvalue weighted by Crippen LogP contribution is -2.28. The maximum Gasteiger partial charge on any atom is 0.252 e. The molecule has 0 unspecified atom stereocenters. The molecule has 2 N–H and O–H groups in total. The molecule has 6 heteroatoms. The van der Waals surface area contributed by atoms with E-state index in [2.05, 4.69) is 26.6 Å². The van der Waals surface area contributed by atoms with E-state index in [9.17, 15) is 14.0 Å².